The molecular formula is C22H27ClN6O. The number of benzene rings is 1. The number of halogens is 1. The van der Waals surface area contributed by atoms with Crippen LogP contribution in [0.5, 0.6) is 0 Å². The van der Waals surface area contributed by atoms with Crippen molar-refractivity contribution in [2.45, 2.75) is 12.8 Å². The lowest BCUT2D eigenvalue weighted by Gasteiger charge is -2.26. The molecule has 0 amide bonds. The van der Waals surface area contributed by atoms with Crippen molar-refractivity contribution < 1.29 is 4.74 Å². The van der Waals surface area contributed by atoms with Gasteiger partial charge >= 0.3 is 0 Å². The number of aromatic nitrogens is 3. The van der Waals surface area contributed by atoms with Crippen LogP contribution in [-0.2, 0) is 11.2 Å². The number of morpholine rings is 1. The molecule has 2 N–H and O–H groups in total. The number of ether oxygens (including phenoxy) is 1. The van der Waals surface area contributed by atoms with E-state index in [4.69, 9.17) is 21.3 Å². The Morgan fingerprint density at radius 1 is 1.03 bits per heavy atom. The van der Waals surface area contributed by atoms with E-state index in [0.29, 0.717) is 11.0 Å². The average molecular weight is 427 g/mol. The Hall–Kier alpha value is -2.48. The van der Waals surface area contributed by atoms with Gasteiger partial charge in [0.1, 0.15) is 5.82 Å². The first-order valence-corrected chi connectivity index (χ1v) is 10.8. The van der Waals surface area contributed by atoms with Crippen LogP contribution in [0.3, 0.4) is 0 Å². The van der Waals surface area contributed by atoms with E-state index in [1.54, 1.807) is 0 Å². The molecule has 0 saturated carbocycles. The predicted octanol–water partition coefficient (Wildman–Crippen LogP) is 3.47. The van der Waals surface area contributed by atoms with Crippen LogP contribution in [-0.4, -0.2) is 65.8 Å². The normalized spacial score (nSPS) is 14.7. The number of hydrogen-bond donors (Lipinski definition) is 2. The van der Waals surface area contributed by atoms with Gasteiger partial charge in [-0.1, -0.05) is 17.7 Å². The summed E-state index contributed by atoms with van der Waals surface area (Å²) in [5.74, 6) is 1.43. The molecule has 1 fully saturated rings. The molecule has 0 aliphatic carbocycles. The minimum absolute atomic E-state index is 0.618. The quantitative estimate of drug-likeness (QED) is 0.507. The molecular weight excluding hydrogens is 400 g/mol. The van der Waals surface area contributed by atoms with Crippen molar-refractivity contribution in [3.63, 3.8) is 0 Å². The summed E-state index contributed by atoms with van der Waals surface area (Å²) in [5, 5.41) is 8.43. The van der Waals surface area contributed by atoms with Gasteiger partial charge in [0.15, 0.2) is 0 Å². The third-order valence-electron chi connectivity index (χ3n) is 5.10. The topological polar surface area (TPSA) is 75.2 Å². The lowest BCUT2D eigenvalue weighted by atomic mass is 10.2. The van der Waals surface area contributed by atoms with Crippen LogP contribution >= 0.6 is 11.6 Å². The molecule has 1 aliphatic heterocycles. The Balaban J connectivity index is 1.39. The Morgan fingerprint density at radius 3 is 2.77 bits per heavy atom. The van der Waals surface area contributed by atoms with Crippen LogP contribution in [0.15, 0.2) is 42.6 Å². The van der Waals surface area contributed by atoms with E-state index >= 15 is 0 Å². The lowest BCUT2D eigenvalue weighted by Crippen LogP contribution is -2.37. The van der Waals surface area contributed by atoms with Crippen LogP contribution in [0.1, 0.15) is 12.1 Å². The molecule has 0 radical (unpaired) electrons. The molecule has 158 valence electrons. The van der Waals surface area contributed by atoms with E-state index in [-0.39, 0.29) is 0 Å². The molecule has 30 heavy (non-hydrogen) atoms. The summed E-state index contributed by atoms with van der Waals surface area (Å²) in [7, 11) is 0. The molecule has 1 aliphatic rings. The predicted molar refractivity (Wildman–Crippen MR) is 121 cm³/mol. The minimum Gasteiger partial charge on any atom is -0.379 e. The first-order chi connectivity index (χ1) is 14.8. The fraction of sp³-hybridized carbons (Fsp3) is 0.409. The zero-order chi connectivity index (χ0) is 20.6. The van der Waals surface area contributed by atoms with Crippen molar-refractivity contribution >= 4 is 34.3 Å². The molecule has 2 aromatic heterocycles. The van der Waals surface area contributed by atoms with Gasteiger partial charge in [0, 0.05) is 54.9 Å². The van der Waals surface area contributed by atoms with Crippen molar-refractivity contribution in [2.75, 3.05) is 56.6 Å². The number of hydrogen-bond acceptors (Lipinski definition) is 7. The van der Waals surface area contributed by atoms with E-state index in [2.05, 4.69) is 25.5 Å². The van der Waals surface area contributed by atoms with E-state index in [0.717, 1.165) is 81.2 Å². The average Bonchev–Trinajstić information content (AvgIpc) is 2.78. The Bertz CT molecular complexity index is 949. The van der Waals surface area contributed by atoms with Gasteiger partial charge in [0.25, 0.3) is 0 Å². The summed E-state index contributed by atoms with van der Waals surface area (Å²) in [5.41, 5.74) is 1.88. The number of nitrogens with zero attached hydrogens (tertiary/aromatic N) is 4. The highest BCUT2D eigenvalue weighted by Gasteiger charge is 2.11. The summed E-state index contributed by atoms with van der Waals surface area (Å²) in [6, 6.07) is 11.7. The minimum atomic E-state index is 0.618. The Labute approximate surface area is 181 Å². The SMILES string of the molecule is Clc1ccc2c(NCCc3ccccn3)nc(NCCCN3CCOCC3)nc2c1. The third kappa shape index (κ3) is 5.78. The maximum atomic E-state index is 6.20. The van der Waals surface area contributed by atoms with Crippen LogP contribution in [0.2, 0.25) is 5.02 Å². The second kappa shape index (κ2) is 10.5. The molecule has 3 aromatic rings. The first kappa shape index (κ1) is 20.8. The standard InChI is InChI=1S/C22H27ClN6O/c23-17-5-6-19-20(16-17)27-22(26-9-3-11-29-12-14-30-15-13-29)28-21(19)25-10-7-18-4-1-2-8-24-18/h1-2,4-6,8,16H,3,7,9-15H2,(H2,25,26,27,28). The van der Waals surface area contributed by atoms with Crippen LogP contribution in [0, 0.1) is 0 Å². The fourth-order valence-electron chi connectivity index (χ4n) is 3.50. The van der Waals surface area contributed by atoms with E-state index < -0.39 is 0 Å². The van der Waals surface area contributed by atoms with Crippen LogP contribution < -0.4 is 10.6 Å². The molecule has 3 heterocycles. The van der Waals surface area contributed by atoms with Crippen LogP contribution in [0.4, 0.5) is 11.8 Å². The number of anilines is 2. The fourth-order valence-corrected chi connectivity index (χ4v) is 3.67. The van der Waals surface area contributed by atoms with Gasteiger partial charge in [0.2, 0.25) is 5.95 Å². The Kier molecular flexibility index (Phi) is 7.29. The number of nitrogens with one attached hydrogen (secondary N) is 2. The highest BCUT2D eigenvalue weighted by molar-refractivity contribution is 6.31. The molecule has 0 unspecified atom stereocenters. The zero-order valence-corrected chi connectivity index (χ0v) is 17.7. The maximum absolute atomic E-state index is 6.20. The molecule has 0 atom stereocenters. The van der Waals surface area contributed by atoms with Crippen molar-refractivity contribution in [2.24, 2.45) is 0 Å². The van der Waals surface area contributed by atoms with Gasteiger partial charge in [-0.25, -0.2) is 4.98 Å². The van der Waals surface area contributed by atoms with E-state index in [1.807, 2.05) is 42.6 Å². The van der Waals surface area contributed by atoms with Crippen molar-refractivity contribution in [1.29, 1.82) is 0 Å². The second-order valence-electron chi connectivity index (χ2n) is 7.29. The third-order valence-corrected chi connectivity index (χ3v) is 5.33. The van der Waals surface area contributed by atoms with Gasteiger partial charge in [-0.2, -0.15) is 4.98 Å². The molecule has 7 nitrogen and oxygen atoms in total. The second-order valence-corrected chi connectivity index (χ2v) is 7.73. The number of pyridine rings is 1. The van der Waals surface area contributed by atoms with Gasteiger partial charge in [-0.05, 0) is 43.3 Å². The lowest BCUT2D eigenvalue weighted by molar-refractivity contribution is 0.0378. The van der Waals surface area contributed by atoms with E-state index in [1.165, 1.54) is 0 Å². The monoisotopic (exact) mass is 426 g/mol. The summed E-state index contributed by atoms with van der Waals surface area (Å²) in [6.45, 7) is 6.28. The Morgan fingerprint density at radius 2 is 1.93 bits per heavy atom. The highest BCUT2D eigenvalue weighted by Crippen LogP contribution is 2.25. The number of rotatable bonds is 9. The van der Waals surface area contributed by atoms with Gasteiger partial charge in [-0.3, -0.25) is 9.88 Å². The summed E-state index contributed by atoms with van der Waals surface area (Å²) < 4.78 is 5.40. The molecule has 1 saturated heterocycles. The van der Waals surface area contributed by atoms with E-state index in [9.17, 15) is 0 Å². The van der Waals surface area contributed by atoms with Gasteiger partial charge in [0.05, 0.1) is 18.7 Å². The molecule has 0 spiro atoms. The van der Waals surface area contributed by atoms with Gasteiger partial charge in [-0.15, -0.1) is 0 Å². The molecule has 1 aromatic carbocycles. The zero-order valence-electron chi connectivity index (χ0n) is 17.0. The summed E-state index contributed by atoms with van der Waals surface area (Å²) in [4.78, 5) is 16.2. The van der Waals surface area contributed by atoms with Crippen LogP contribution in [0.25, 0.3) is 10.9 Å². The highest BCUT2D eigenvalue weighted by atomic mass is 35.5. The maximum Gasteiger partial charge on any atom is 0.225 e. The summed E-state index contributed by atoms with van der Waals surface area (Å²) in [6.07, 6.45) is 3.66. The molecule has 8 heteroatoms. The smallest absolute Gasteiger partial charge is 0.225 e. The first-order valence-electron chi connectivity index (χ1n) is 10.4. The van der Waals surface area contributed by atoms with Crippen molar-refractivity contribution in [3.05, 3.63) is 53.3 Å². The largest absolute Gasteiger partial charge is 0.379 e. The number of fused-ring (bicyclic) bond motifs is 1. The summed E-state index contributed by atoms with van der Waals surface area (Å²) >= 11 is 6.20. The van der Waals surface area contributed by atoms with Gasteiger partial charge < -0.3 is 15.4 Å². The molecule has 0 bridgehead atoms. The van der Waals surface area contributed by atoms with Crippen molar-refractivity contribution in [3.8, 4) is 0 Å². The van der Waals surface area contributed by atoms with Crippen molar-refractivity contribution in [1.82, 2.24) is 19.9 Å². The molecule has 4 rings (SSSR count).